The van der Waals surface area contributed by atoms with Crippen LogP contribution in [0.15, 0.2) is 24.3 Å². The highest BCUT2D eigenvalue weighted by Crippen LogP contribution is 2.25. The topological polar surface area (TPSA) is 41.3 Å². The molecule has 21 heavy (non-hydrogen) atoms. The number of nitrogens with zero attached hydrogens (tertiary/aromatic N) is 3. The molecule has 0 fully saturated rings. The van der Waals surface area contributed by atoms with Crippen LogP contribution in [0.1, 0.15) is 45.5 Å². The summed E-state index contributed by atoms with van der Waals surface area (Å²) in [6.45, 7) is 9.56. The predicted molar refractivity (Wildman–Crippen MR) is 87.4 cm³/mol. The summed E-state index contributed by atoms with van der Waals surface area (Å²) in [6.07, 6.45) is 2.29. The van der Waals surface area contributed by atoms with E-state index in [1.165, 1.54) is 0 Å². The van der Waals surface area contributed by atoms with Crippen LogP contribution in [0.2, 0.25) is 0 Å². The van der Waals surface area contributed by atoms with Crippen molar-refractivity contribution in [2.45, 2.75) is 46.2 Å². The smallest absolute Gasteiger partial charge is 0.127 e. The maximum absolute atomic E-state index is 9.39. The molecule has 0 saturated heterocycles. The summed E-state index contributed by atoms with van der Waals surface area (Å²) in [6, 6.07) is 8.44. The van der Waals surface area contributed by atoms with Crippen LogP contribution >= 0.6 is 0 Å². The number of hydrogen-bond donors (Lipinski definition) is 1. The Balaban J connectivity index is 2.40. The van der Waals surface area contributed by atoms with E-state index in [9.17, 15) is 5.11 Å². The molecule has 0 amide bonds. The van der Waals surface area contributed by atoms with Crippen LogP contribution in [0.3, 0.4) is 0 Å². The van der Waals surface area contributed by atoms with E-state index in [-0.39, 0.29) is 12.6 Å². The van der Waals surface area contributed by atoms with Crippen LogP contribution in [0.5, 0.6) is 0 Å². The quantitative estimate of drug-likeness (QED) is 0.811. The van der Waals surface area contributed by atoms with Gasteiger partial charge in [0, 0.05) is 6.54 Å². The molecule has 0 aliphatic rings. The van der Waals surface area contributed by atoms with Gasteiger partial charge in [-0.3, -0.25) is 4.90 Å². The Morgan fingerprint density at radius 1 is 1.19 bits per heavy atom. The Bertz CT molecular complexity index is 558. The van der Waals surface area contributed by atoms with Gasteiger partial charge in [-0.15, -0.1) is 0 Å². The van der Waals surface area contributed by atoms with Gasteiger partial charge in [-0.1, -0.05) is 26.0 Å². The first kappa shape index (κ1) is 16.0. The molecule has 1 N–H and O–H groups in total. The molecule has 0 aliphatic carbocycles. The molecule has 0 radical (unpaired) electrons. The van der Waals surface area contributed by atoms with Gasteiger partial charge >= 0.3 is 0 Å². The summed E-state index contributed by atoms with van der Waals surface area (Å²) in [5, 5.41) is 9.39. The maximum atomic E-state index is 9.39. The molecule has 0 saturated carbocycles. The second kappa shape index (κ2) is 7.57. The number of aromatic nitrogens is 2. The van der Waals surface area contributed by atoms with Crippen molar-refractivity contribution in [1.82, 2.24) is 14.5 Å². The van der Waals surface area contributed by atoms with Crippen molar-refractivity contribution >= 4 is 11.0 Å². The maximum Gasteiger partial charge on any atom is 0.127 e. The summed E-state index contributed by atoms with van der Waals surface area (Å²) < 4.78 is 2.16. The van der Waals surface area contributed by atoms with Gasteiger partial charge < -0.3 is 9.67 Å². The van der Waals surface area contributed by atoms with Crippen LogP contribution in [-0.4, -0.2) is 39.3 Å². The van der Waals surface area contributed by atoms with Crippen molar-refractivity contribution in [1.29, 1.82) is 0 Å². The number of rotatable bonds is 8. The van der Waals surface area contributed by atoms with Crippen LogP contribution in [0.25, 0.3) is 11.0 Å². The van der Waals surface area contributed by atoms with E-state index in [0.29, 0.717) is 6.54 Å². The Kier molecular flexibility index (Phi) is 5.76. The Labute approximate surface area is 127 Å². The van der Waals surface area contributed by atoms with Crippen LogP contribution in [0, 0.1) is 0 Å². The highest BCUT2D eigenvalue weighted by atomic mass is 16.3. The van der Waals surface area contributed by atoms with E-state index < -0.39 is 0 Å². The molecule has 0 bridgehead atoms. The molecule has 116 valence electrons. The first-order valence-electron chi connectivity index (χ1n) is 8.03. The van der Waals surface area contributed by atoms with Crippen molar-refractivity contribution < 1.29 is 5.11 Å². The van der Waals surface area contributed by atoms with Gasteiger partial charge in [0.1, 0.15) is 5.82 Å². The van der Waals surface area contributed by atoms with E-state index in [0.717, 1.165) is 42.8 Å². The van der Waals surface area contributed by atoms with Gasteiger partial charge in [0.25, 0.3) is 0 Å². The van der Waals surface area contributed by atoms with Gasteiger partial charge in [0.15, 0.2) is 0 Å². The number of benzene rings is 1. The van der Waals surface area contributed by atoms with E-state index in [2.05, 4.69) is 36.3 Å². The van der Waals surface area contributed by atoms with Gasteiger partial charge in [0.2, 0.25) is 0 Å². The molecule has 2 aromatic rings. The number of imidazole rings is 1. The van der Waals surface area contributed by atoms with E-state index >= 15 is 0 Å². The summed E-state index contributed by atoms with van der Waals surface area (Å²) in [4.78, 5) is 7.31. The minimum absolute atomic E-state index is 0.141. The zero-order chi connectivity index (χ0) is 15.2. The lowest BCUT2D eigenvalue weighted by Gasteiger charge is -2.28. The number of aliphatic hydroxyl groups is 1. The van der Waals surface area contributed by atoms with E-state index in [1.807, 2.05) is 18.2 Å². The lowest BCUT2D eigenvalue weighted by molar-refractivity contribution is 0.196. The Hall–Kier alpha value is -1.39. The average molecular weight is 289 g/mol. The molecule has 0 aliphatic heterocycles. The third-order valence-corrected chi connectivity index (χ3v) is 3.95. The molecule has 0 spiro atoms. The summed E-state index contributed by atoms with van der Waals surface area (Å²) in [5.74, 6) is 1.06. The normalized spacial score (nSPS) is 13.2. The summed E-state index contributed by atoms with van der Waals surface area (Å²) >= 11 is 0. The monoisotopic (exact) mass is 289 g/mol. The second-order valence-electron chi connectivity index (χ2n) is 5.55. The Morgan fingerprint density at radius 2 is 1.86 bits per heavy atom. The number of para-hydroxylation sites is 2. The molecule has 4 heteroatoms. The fourth-order valence-corrected chi connectivity index (χ4v) is 2.98. The van der Waals surface area contributed by atoms with Crippen molar-refractivity contribution in [3.05, 3.63) is 30.1 Å². The van der Waals surface area contributed by atoms with Crippen LogP contribution in [0.4, 0.5) is 0 Å². The number of hydrogen-bond acceptors (Lipinski definition) is 3. The third kappa shape index (κ3) is 3.44. The fraction of sp³-hybridized carbons (Fsp3) is 0.588. The lowest BCUT2D eigenvalue weighted by Crippen LogP contribution is -2.30. The van der Waals surface area contributed by atoms with Crippen LogP contribution in [-0.2, 0) is 6.54 Å². The average Bonchev–Trinajstić information content (AvgIpc) is 2.86. The molecule has 1 unspecified atom stereocenters. The zero-order valence-electron chi connectivity index (χ0n) is 13.4. The highest BCUT2D eigenvalue weighted by Gasteiger charge is 2.21. The first-order chi connectivity index (χ1) is 10.2. The molecular formula is C17H27N3O. The molecule has 2 rings (SSSR count). The highest BCUT2D eigenvalue weighted by molar-refractivity contribution is 5.76. The fourth-order valence-electron chi connectivity index (χ4n) is 2.98. The van der Waals surface area contributed by atoms with Gasteiger partial charge in [-0.25, -0.2) is 4.98 Å². The van der Waals surface area contributed by atoms with Crippen molar-refractivity contribution in [2.24, 2.45) is 0 Å². The summed E-state index contributed by atoms with van der Waals surface area (Å²) in [7, 11) is 0. The predicted octanol–water partition coefficient (Wildman–Crippen LogP) is 3.21. The van der Waals surface area contributed by atoms with Gasteiger partial charge in [0.05, 0.1) is 23.7 Å². The SMILES string of the molecule is CCCN(CCC)C(C)c1nc2ccccc2n1CCO. The largest absolute Gasteiger partial charge is 0.395 e. The summed E-state index contributed by atoms with van der Waals surface area (Å²) in [5.41, 5.74) is 2.13. The number of fused-ring (bicyclic) bond motifs is 1. The van der Waals surface area contributed by atoms with E-state index in [4.69, 9.17) is 4.98 Å². The lowest BCUT2D eigenvalue weighted by atomic mass is 10.2. The van der Waals surface area contributed by atoms with Crippen molar-refractivity contribution in [2.75, 3.05) is 19.7 Å². The van der Waals surface area contributed by atoms with Crippen LogP contribution < -0.4 is 0 Å². The second-order valence-corrected chi connectivity index (χ2v) is 5.55. The first-order valence-corrected chi connectivity index (χ1v) is 8.03. The van der Waals surface area contributed by atoms with Gasteiger partial charge in [-0.2, -0.15) is 0 Å². The molecule has 1 heterocycles. The van der Waals surface area contributed by atoms with Crippen molar-refractivity contribution in [3.63, 3.8) is 0 Å². The molecule has 1 aromatic heterocycles. The van der Waals surface area contributed by atoms with Crippen molar-refractivity contribution in [3.8, 4) is 0 Å². The minimum atomic E-state index is 0.141. The molecule has 1 aromatic carbocycles. The van der Waals surface area contributed by atoms with Gasteiger partial charge in [-0.05, 0) is 45.0 Å². The minimum Gasteiger partial charge on any atom is -0.395 e. The third-order valence-electron chi connectivity index (χ3n) is 3.95. The standard InChI is InChI=1S/C17H27N3O/c1-4-10-19(11-5-2)14(3)17-18-15-8-6-7-9-16(15)20(17)12-13-21/h6-9,14,21H,4-5,10-13H2,1-3H3. The zero-order valence-corrected chi connectivity index (χ0v) is 13.4. The molecule has 4 nitrogen and oxygen atoms in total. The molecular weight excluding hydrogens is 262 g/mol. The van der Waals surface area contributed by atoms with E-state index in [1.54, 1.807) is 0 Å². The molecule has 1 atom stereocenters. The Morgan fingerprint density at radius 3 is 2.48 bits per heavy atom. The number of aliphatic hydroxyl groups excluding tert-OH is 1.